The molecular weight excluding hydrogens is 340 g/mol. The zero-order chi connectivity index (χ0) is 19.3. The van der Waals surface area contributed by atoms with E-state index in [0.717, 1.165) is 17.1 Å². The molecule has 4 aromatic rings. The molecule has 0 saturated carbocycles. The number of nitrogens with zero attached hydrogens (tertiary/aromatic N) is 1. The number of nitrogens with one attached hydrogen (secondary N) is 1. The number of rotatable bonds is 5. The maximum atomic E-state index is 3.66. The van der Waals surface area contributed by atoms with Gasteiger partial charge in [0.2, 0.25) is 0 Å². The van der Waals surface area contributed by atoms with Crippen LogP contribution in [0.15, 0.2) is 103 Å². The molecule has 0 aliphatic heterocycles. The number of hydrogen-bond acceptors (Lipinski definition) is 2. The Hall–Kier alpha value is -3.52. The van der Waals surface area contributed by atoms with Crippen LogP contribution in [0.25, 0.3) is 22.3 Å². The van der Waals surface area contributed by atoms with Crippen molar-refractivity contribution in [2.45, 2.75) is 0 Å². The number of anilines is 3. The van der Waals surface area contributed by atoms with Gasteiger partial charge in [-0.15, -0.1) is 0 Å². The summed E-state index contributed by atoms with van der Waals surface area (Å²) >= 11 is 0. The van der Waals surface area contributed by atoms with Crippen molar-refractivity contribution in [1.82, 2.24) is 0 Å². The fourth-order valence-electron chi connectivity index (χ4n) is 3.43. The highest BCUT2D eigenvalue weighted by Gasteiger charge is 2.10. The molecule has 28 heavy (non-hydrogen) atoms. The lowest BCUT2D eigenvalue weighted by atomic mass is 9.97. The summed E-state index contributed by atoms with van der Waals surface area (Å²) in [7, 11) is 4.13. The molecule has 0 spiro atoms. The van der Waals surface area contributed by atoms with Gasteiger partial charge in [-0.25, -0.2) is 0 Å². The summed E-state index contributed by atoms with van der Waals surface area (Å²) < 4.78 is 0. The van der Waals surface area contributed by atoms with Crippen LogP contribution in [-0.2, 0) is 0 Å². The second-order valence-corrected chi connectivity index (χ2v) is 7.03. The summed E-state index contributed by atoms with van der Waals surface area (Å²) in [6.07, 6.45) is 0. The molecule has 0 radical (unpaired) electrons. The largest absolute Gasteiger partial charge is 0.376 e. The van der Waals surface area contributed by atoms with E-state index in [-0.39, 0.29) is 0 Å². The van der Waals surface area contributed by atoms with Crippen LogP contribution >= 0.6 is 0 Å². The van der Waals surface area contributed by atoms with E-state index in [1.165, 1.54) is 22.3 Å². The van der Waals surface area contributed by atoms with E-state index in [2.05, 4.69) is 127 Å². The number of para-hydroxylation sites is 2. The molecule has 1 N–H and O–H groups in total. The smallest absolute Gasteiger partial charge is 0.0622 e. The third-order valence-electron chi connectivity index (χ3n) is 4.87. The minimum Gasteiger partial charge on any atom is -0.376 e. The number of benzene rings is 4. The molecule has 138 valence electrons. The van der Waals surface area contributed by atoms with Gasteiger partial charge in [0.05, 0.1) is 11.4 Å². The van der Waals surface area contributed by atoms with E-state index in [1.807, 2.05) is 0 Å². The van der Waals surface area contributed by atoms with Crippen molar-refractivity contribution < 1.29 is 0 Å². The maximum Gasteiger partial charge on any atom is 0.0622 e. The average Bonchev–Trinajstić information content (AvgIpc) is 2.75. The zero-order valence-corrected chi connectivity index (χ0v) is 16.3. The van der Waals surface area contributed by atoms with E-state index < -0.39 is 0 Å². The highest BCUT2D eigenvalue weighted by Crippen LogP contribution is 2.36. The first kappa shape index (κ1) is 17.9. The van der Waals surface area contributed by atoms with Crippen molar-refractivity contribution >= 4 is 17.1 Å². The fraction of sp³-hybridized carbons (Fsp3) is 0.0769. The van der Waals surface area contributed by atoms with Crippen LogP contribution in [0.3, 0.4) is 0 Å². The maximum absolute atomic E-state index is 3.66. The van der Waals surface area contributed by atoms with Crippen molar-refractivity contribution in [3.05, 3.63) is 103 Å². The van der Waals surface area contributed by atoms with Crippen LogP contribution in [-0.4, -0.2) is 14.1 Å². The summed E-state index contributed by atoms with van der Waals surface area (Å²) in [5, 5.41) is 3.66. The Bertz CT molecular complexity index is 1050. The second-order valence-electron chi connectivity index (χ2n) is 7.03. The molecule has 4 rings (SSSR count). The van der Waals surface area contributed by atoms with E-state index in [1.54, 1.807) is 0 Å². The highest BCUT2D eigenvalue weighted by atomic mass is 15.1. The first-order valence-electron chi connectivity index (χ1n) is 9.50. The van der Waals surface area contributed by atoms with Gasteiger partial charge >= 0.3 is 0 Å². The Labute approximate surface area is 167 Å². The van der Waals surface area contributed by atoms with Gasteiger partial charge in [0.15, 0.2) is 0 Å². The van der Waals surface area contributed by atoms with Gasteiger partial charge in [0.1, 0.15) is 0 Å². The van der Waals surface area contributed by atoms with Crippen molar-refractivity contribution in [3.63, 3.8) is 0 Å². The molecule has 2 nitrogen and oxygen atoms in total. The highest BCUT2D eigenvalue weighted by molar-refractivity contribution is 5.87. The molecule has 0 aliphatic rings. The van der Waals surface area contributed by atoms with Gasteiger partial charge in [-0.05, 0) is 41.0 Å². The first-order chi connectivity index (χ1) is 13.7. The second kappa shape index (κ2) is 8.01. The predicted octanol–water partition coefficient (Wildman–Crippen LogP) is 6.83. The average molecular weight is 364 g/mol. The van der Waals surface area contributed by atoms with Crippen molar-refractivity contribution in [1.29, 1.82) is 0 Å². The van der Waals surface area contributed by atoms with Gasteiger partial charge in [0, 0.05) is 25.3 Å². The molecular formula is C26H24N2. The van der Waals surface area contributed by atoms with Crippen molar-refractivity contribution in [2.75, 3.05) is 24.3 Å². The molecule has 0 saturated heterocycles. The standard InChI is InChI=1S/C26H24N2/c1-28(2)26-16-10-9-15-25(26)27-24-18-17-22(20-11-5-3-6-12-20)19-23(24)21-13-7-4-8-14-21/h3-19,27H,1-2H3. The molecule has 0 aliphatic carbocycles. The minimum absolute atomic E-state index is 1.09. The zero-order valence-electron chi connectivity index (χ0n) is 16.3. The van der Waals surface area contributed by atoms with Gasteiger partial charge in [-0.1, -0.05) is 78.9 Å². The van der Waals surface area contributed by atoms with Crippen LogP contribution in [0.4, 0.5) is 17.1 Å². The summed E-state index contributed by atoms with van der Waals surface area (Å²) in [6.45, 7) is 0. The van der Waals surface area contributed by atoms with Gasteiger partial charge < -0.3 is 10.2 Å². The summed E-state index contributed by atoms with van der Waals surface area (Å²) in [4.78, 5) is 2.13. The molecule has 0 bridgehead atoms. The molecule has 2 heteroatoms. The lowest BCUT2D eigenvalue weighted by molar-refractivity contribution is 1.13. The van der Waals surface area contributed by atoms with Crippen LogP contribution in [0.2, 0.25) is 0 Å². The Balaban J connectivity index is 1.81. The van der Waals surface area contributed by atoms with Crippen LogP contribution in [0.5, 0.6) is 0 Å². The van der Waals surface area contributed by atoms with Gasteiger partial charge in [-0.3, -0.25) is 0 Å². The first-order valence-corrected chi connectivity index (χ1v) is 9.50. The van der Waals surface area contributed by atoms with Gasteiger partial charge in [0.25, 0.3) is 0 Å². The molecule has 0 unspecified atom stereocenters. The quantitative estimate of drug-likeness (QED) is 0.417. The Morgan fingerprint density at radius 3 is 1.82 bits per heavy atom. The molecule has 0 heterocycles. The van der Waals surface area contributed by atoms with Crippen molar-refractivity contribution in [3.8, 4) is 22.3 Å². The fourth-order valence-corrected chi connectivity index (χ4v) is 3.43. The van der Waals surface area contributed by atoms with E-state index in [4.69, 9.17) is 0 Å². The minimum atomic E-state index is 1.09. The molecule has 0 fully saturated rings. The molecule has 0 amide bonds. The van der Waals surface area contributed by atoms with E-state index in [9.17, 15) is 0 Å². The number of hydrogen-bond donors (Lipinski definition) is 1. The Morgan fingerprint density at radius 1 is 0.536 bits per heavy atom. The predicted molar refractivity (Wildman–Crippen MR) is 121 cm³/mol. The Morgan fingerprint density at radius 2 is 1.14 bits per heavy atom. The normalized spacial score (nSPS) is 10.5. The van der Waals surface area contributed by atoms with Crippen LogP contribution in [0, 0.1) is 0 Å². The SMILES string of the molecule is CN(C)c1ccccc1Nc1ccc(-c2ccccc2)cc1-c1ccccc1. The Kier molecular flexibility index (Phi) is 5.11. The lowest BCUT2D eigenvalue weighted by Gasteiger charge is -2.20. The summed E-state index contributed by atoms with van der Waals surface area (Å²) in [6, 6.07) is 36.1. The summed E-state index contributed by atoms with van der Waals surface area (Å²) in [5.74, 6) is 0. The monoisotopic (exact) mass is 364 g/mol. The van der Waals surface area contributed by atoms with Crippen LogP contribution < -0.4 is 10.2 Å². The molecule has 0 aromatic heterocycles. The van der Waals surface area contributed by atoms with E-state index in [0.29, 0.717) is 0 Å². The third kappa shape index (κ3) is 3.77. The summed E-state index contributed by atoms with van der Waals surface area (Å²) in [5.41, 5.74) is 8.18. The van der Waals surface area contributed by atoms with Crippen molar-refractivity contribution in [2.24, 2.45) is 0 Å². The van der Waals surface area contributed by atoms with Gasteiger partial charge in [-0.2, -0.15) is 0 Å². The lowest BCUT2D eigenvalue weighted by Crippen LogP contribution is -2.10. The van der Waals surface area contributed by atoms with Crippen LogP contribution in [0.1, 0.15) is 0 Å². The molecule has 0 atom stereocenters. The third-order valence-corrected chi connectivity index (χ3v) is 4.87. The topological polar surface area (TPSA) is 15.3 Å². The van der Waals surface area contributed by atoms with E-state index >= 15 is 0 Å². The molecule has 4 aromatic carbocycles.